The van der Waals surface area contributed by atoms with Crippen LogP contribution < -0.4 is 25.3 Å². The molecule has 0 heterocycles. The second kappa shape index (κ2) is 15.5. The number of carboxylic acids is 2. The minimum Gasteiger partial charge on any atom is -0.490 e. The standard InChI is InChI=1S/C23H29N3O7.C2H4O2/c1-4-30-18-11-16(17(12-19(18)31-5-2)33-13-20(27)32-6-3)21(23(28)29)26-15-9-7-14(8-10-15)22(24)25;1-2(3)4/h7-12,21,26H,4-6,13H2,1-3H3,(H3,24,25)(H,28,29);1H3,(H,3,4). The van der Waals surface area contributed by atoms with Crippen LogP contribution >= 0.6 is 0 Å². The summed E-state index contributed by atoms with van der Waals surface area (Å²) < 4.78 is 21.8. The number of carbonyl (C=O) groups is 3. The van der Waals surface area contributed by atoms with Crippen LogP contribution in [-0.2, 0) is 19.1 Å². The van der Waals surface area contributed by atoms with E-state index in [2.05, 4.69) is 5.32 Å². The van der Waals surface area contributed by atoms with Gasteiger partial charge in [-0.2, -0.15) is 0 Å². The van der Waals surface area contributed by atoms with Gasteiger partial charge in [0.25, 0.3) is 5.97 Å². The molecule has 0 aliphatic carbocycles. The van der Waals surface area contributed by atoms with E-state index in [1.165, 1.54) is 12.1 Å². The second-order valence-electron chi connectivity index (χ2n) is 7.22. The van der Waals surface area contributed by atoms with E-state index in [0.717, 1.165) is 6.92 Å². The normalized spacial score (nSPS) is 10.7. The van der Waals surface area contributed by atoms with E-state index < -0.39 is 30.6 Å². The van der Waals surface area contributed by atoms with Crippen LogP contribution in [0.1, 0.15) is 44.9 Å². The Labute approximate surface area is 214 Å². The molecule has 0 radical (unpaired) electrons. The van der Waals surface area contributed by atoms with E-state index >= 15 is 0 Å². The molecule has 2 rings (SSSR count). The van der Waals surface area contributed by atoms with Crippen LogP contribution in [0.2, 0.25) is 0 Å². The predicted octanol–water partition coefficient (Wildman–Crippen LogP) is 3.04. The molecule has 12 nitrogen and oxygen atoms in total. The first-order chi connectivity index (χ1) is 17.5. The van der Waals surface area contributed by atoms with Gasteiger partial charge in [0, 0.05) is 29.8 Å². The van der Waals surface area contributed by atoms with Crippen molar-refractivity contribution in [3.05, 3.63) is 47.5 Å². The number of esters is 1. The zero-order chi connectivity index (χ0) is 28.0. The van der Waals surface area contributed by atoms with Crippen LogP contribution in [0.25, 0.3) is 0 Å². The third-order valence-electron chi connectivity index (χ3n) is 4.39. The zero-order valence-corrected chi connectivity index (χ0v) is 21.2. The summed E-state index contributed by atoms with van der Waals surface area (Å²) in [6.45, 7) is 6.83. The fourth-order valence-corrected chi connectivity index (χ4v) is 2.97. The van der Waals surface area contributed by atoms with Crippen molar-refractivity contribution in [2.45, 2.75) is 33.7 Å². The number of hydrogen-bond acceptors (Lipinski definition) is 9. The maximum absolute atomic E-state index is 12.2. The Balaban J connectivity index is 0.00000159. The van der Waals surface area contributed by atoms with Crippen LogP contribution in [0.4, 0.5) is 5.69 Å². The van der Waals surface area contributed by atoms with E-state index in [4.69, 9.17) is 40.0 Å². The Morgan fingerprint density at radius 3 is 1.92 bits per heavy atom. The van der Waals surface area contributed by atoms with Gasteiger partial charge in [0.2, 0.25) is 0 Å². The van der Waals surface area contributed by atoms with Gasteiger partial charge in [-0.15, -0.1) is 0 Å². The Morgan fingerprint density at radius 2 is 1.46 bits per heavy atom. The van der Waals surface area contributed by atoms with Crippen LogP contribution in [0, 0.1) is 5.41 Å². The molecule has 0 spiro atoms. The summed E-state index contributed by atoms with van der Waals surface area (Å²) in [5, 5.41) is 27.8. The molecule has 0 aliphatic heterocycles. The molecular formula is C25H33N3O9. The average Bonchev–Trinajstić information content (AvgIpc) is 2.82. The monoisotopic (exact) mass is 519 g/mol. The summed E-state index contributed by atoms with van der Waals surface area (Å²) in [6, 6.07) is 8.20. The first kappa shape index (κ1) is 30.6. The van der Waals surface area contributed by atoms with Crippen molar-refractivity contribution in [1.29, 1.82) is 5.41 Å². The maximum Gasteiger partial charge on any atom is 0.344 e. The summed E-state index contributed by atoms with van der Waals surface area (Å²) in [4.78, 5) is 33.0. The Kier molecular flexibility index (Phi) is 12.8. The molecule has 202 valence electrons. The number of aliphatic carboxylic acids is 2. The molecule has 0 aliphatic rings. The molecule has 0 amide bonds. The Morgan fingerprint density at radius 1 is 0.919 bits per heavy atom. The number of amidine groups is 1. The molecule has 1 atom stereocenters. The highest BCUT2D eigenvalue weighted by atomic mass is 16.6. The lowest BCUT2D eigenvalue weighted by Crippen LogP contribution is -2.23. The topological polar surface area (TPSA) is 190 Å². The quantitative estimate of drug-likeness (QED) is 0.148. The number of nitrogen functional groups attached to an aromatic ring is 1. The molecule has 0 aromatic heterocycles. The van der Waals surface area contributed by atoms with Gasteiger partial charge in [0.05, 0.1) is 19.8 Å². The van der Waals surface area contributed by atoms with Gasteiger partial charge in [0.1, 0.15) is 11.6 Å². The molecule has 0 saturated heterocycles. The summed E-state index contributed by atoms with van der Waals surface area (Å²) in [7, 11) is 0. The zero-order valence-electron chi connectivity index (χ0n) is 21.2. The Bertz CT molecular complexity index is 1070. The highest BCUT2D eigenvalue weighted by Gasteiger charge is 2.27. The molecule has 1 unspecified atom stereocenters. The number of nitrogens with two attached hydrogens (primary N) is 1. The van der Waals surface area contributed by atoms with Gasteiger partial charge in [-0.05, 0) is 51.1 Å². The first-order valence-electron chi connectivity index (χ1n) is 11.4. The highest BCUT2D eigenvalue weighted by Crippen LogP contribution is 2.39. The minimum absolute atomic E-state index is 0.0983. The van der Waals surface area contributed by atoms with Crippen LogP contribution in [0.15, 0.2) is 36.4 Å². The summed E-state index contributed by atoms with van der Waals surface area (Å²) in [6.07, 6.45) is 0. The van der Waals surface area contributed by atoms with Gasteiger partial charge in [-0.25, -0.2) is 9.59 Å². The van der Waals surface area contributed by atoms with Crippen LogP contribution in [0.5, 0.6) is 17.2 Å². The van der Waals surface area contributed by atoms with Crippen molar-refractivity contribution < 1.29 is 43.5 Å². The molecular weight excluding hydrogens is 486 g/mol. The lowest BCUT2D eigenvalue weighted by Gasteiger charge is -2.22. The van der Waals surface area contributed by atoms with E-state index in [0.29, 0.717) is 36.0 Å². The number of ether oxygens (including phenoxy) is 4. The van der Waals surface area contributed by atoms with Crippen molar-refractivity contribution >= 4 is 29.4 Å². The van der Waals surface area contributed by atoms with E-state index in [1.807, 2.05) is 0 Å². The van der Waals surface area contributed by atoms with Crippen molar-refractivity contribution in [2.75, 3.05) is 31.7 Å². The summed E-state index contributed by atoms with van der Waals surface area (Å²) >= 11 is 0. The molecule has 37 heavy (non-hydrogen) atoms. The molecule has 2 aromatic carbocycles. The fraction of sp³-hybridized carbons (Fsp3) is 0.360. The van der Waals surface area contributed by atoms with Crippen molar-refractivity contribution in [3.8, 4) is 17.2 Å². The Hall–Kier alpha value is -4.48. The van der Waals surface area contributed by atoms with Gasteiger partial charge in [0.15, 0.2) is 24.1 Å². The van der Waals surface area contributed by atoms with E-state index in [9.17, 15) is 14.7 Å². The third kappa shape index (κ3) is 10.3. The number of carbonyl (C=O) groups excluding carboxylic acids is 1. The SMILES string of the molecule is CC(=O)O.CCOC(=O)COc1cc(OCC)c(OCC)cc1C(Nc1ccc(C(=N)N)cc1)C(=O)O. The second-order valence-corrected chi connectivity index (χ2v) is 7.22. The van der Waals surface area contributed by atoms with Crippen molar-refractivity contribution in [1.82, 2.24) is 0 Å². The van der Waals surface area contributed by atoms with Gasteiger partial charge < -0.3 is 40.2 Å². The number of hydrogen-bond donors (Lipinski definition) is 5. The maximum atomic E-state index is 12.2. The van der Waals surface area contributed by atoms with E-state index in [1.54, 1.807) is 45.0 Å². The number of carboxylic acid groups (broad SMARTS) is 2. The molecule has 2 aromatic rings. The largest absolute Gasteiger partial charge is 0.490 e. The number of anilines is 1. The lowest BCUT2D eigenvalue weighted by atomic mass is 10.0. The number of nitrogens with one attached hydrogen (secondary N) is 2. The van der Waals surface area contributed by atoms with E-state index in [-0.39, 0.29) is 23.8 Å². The first-order valence-corrected chi connectivity index (χ1v) is 11.4. The van der Waals surface area contributed by atoms with Crippen molar-refractivity contribution in [2.24, 2.45) is 5.73 Å². The molecule has 0 saturated carbocycles. The highest BCUT2D eigenvalue weighted by molar-refractivity contribution is 5.95. The molecule has 0 fully saturated rings. The van der Waals surface area contributed by atoms with Crippen molar-refractivity contribution in [3.63, 3.8) is 0 Å². The molecule has 12 heteroatoms. The molecule has 0 bridgehead atoms. The average molecular weight is 520 g/mol. The van der Waals surface area contributed by atoms with Gasteiger partial charge in [-0.3, -0.25) is 10.2 Å². The number of rotatable bonds is 13. The summed E-state index contributed by atoms with van der Waals surface area (Å²) in [5.74, 6) is -1.86. The smallest absolute Gasteiger partial charge is 0.344 e. The van der Waals surface area contributed by atoms with Crippen LogP contribution in [-0.4, -0.2) is 60.4 Å². The lowest BCUT2D eigenvalue weighted by molar-refractivity contribution is -0.145. The summed E-state index contributed by atoms with van der Waals surface area (Å²) in [5.41, 5.74) is 6.69. The predicted molar refractivity (Wildman–Crippen MR) is 136 cm³/mol. The fourth-order valence-electron chi connectivity index (χ4n) is 2.97. The molecule has 6 N–H and O–H groups in total. The van der Waals surface area contributed by atoms with Gasteiger partial charge in [-0.1, -0.05) is 0 Å². The third-order valence-corrected chi connectivity index (χ3v) is 4.39. The minimum atomic E-state index is -1.25. The van der Waals surface area contributed by atoms with Crippen LogP contribution in [0.3, 0.4) is 0 Å². The number of benzene rings is 2. The van der Waals surface area contributed by atoms with Gasteiger partial charge >= 0.3 is 11.9 Å².